The summed E-state index contributed by atoms with van der Waals surface area (Å²) >= 11 is 1.75. The standard InChI is InChI=1S/C17H22N6OS/c1-10-5-4-6-11-12(10)13-15-20-14(16(24)18-7-8-22(2)3)21-23(15)9-19-17(13)25-11/h9-10H,4-8H2,1-3H3,(H,18,24). The summed E-state index contributed by atoms with van der Waals surface area (Å²) in [5.41, 5.74) is 2.10. The van der Waals surface area contributed by atoms with Crippen molar-refractivity contribution in [3.63, 3.8) is 0 Å². The third-order valence-corrected chi connectivity index (χ3v) is 5.90. The molecule has 0 radical (unpaired) electrons. The van der Waals surface area contributed by atoms with Crippen molar-refractivity contribution in [2.75, 3.05) is 27.2 Å². The highest BCUT2D eigenvalue weighted by atomic mass is 32.1. The summed E-state index contributed by atoms with van der Waals surface area (Å²) in [5, 5.41) is 8.28. The average Bonchev–Trinajstić information content (AvgIpc) is 3.15. The van der Waals surface area contributed by atoms with Gasteiger partial charge in [0.2, 0.25) is 5.82 Å². The van der Waals surface area contributed by atoms with Gasteiger partial charge in [-0.1, -0.05) is 6.92 Å². The predicted octanol–water partition coefficient (Wildman–Crippen LogP) is 2.07. The van der Waals surface area contributed by atoms with Crippen molar-refractivity contribution in [2.24, 2.45) is 0 Å². The fraction of sp³-hybridized carbons (Fsp3) is 0.529. The van der Waals surface area contributed by atoms with Gasteiger partial charge in [0.1, 0.15) is 11.2 Å². The van der Waals surface area contributed by atoms with Crippen molar-refractivity contribution in [3.8, 4) is 0 Å². The molecule has 1 aliphatic rings. The van der Waals surface area contributed by atoms with Crippen LogP contribution in [-0.2, 0) is 6.42 Å². The Labute approximate surface area is 150 Å². The van der Waals surface area contributed by atoms with Crippen LogP contribution >= 0.6 is 11.3 Å². The Morgan fingerprint density at radius 1 is 1.48 bits per heavy atom. The van der Waals surface area contributed by atoms with Crippen LogP contribution in [0, 0.1) is 0 Å². The molecule has 4 rings (SSSR count). The van der Waals surface area contributed by atoms with Gasteiger partial charge in [0.25, 0.3) is 5.91 Å². The summed E-state index contributed by atoms with van der Waals surface area (Å²) in [4.78, 5) is 25.9. The largest absolute Gasteiger partial charge is 0.348 e. The van der Waals surface area contributed by atoms with Crippen molar-refractivity contribution >= 4 is 33.1 Å². The molecule has 0 spiro atoms. The van der Waals surface area contributed by atoms with Gasteiger partial charge in [-0.15, -0.1) is 16.4 Å². The first-order valence-corrected chi connectivity index (χ1v) is 9.46. The van der Waals surface area contributed by atoms with Gasteiger partial charge in [-0.2, -0.15) is 0 Å². The number of thiophene rings is 1. The van der Waals surface area contributed by atoms with Crippen molar-refractivity contribution < 1.29 is 4.79 Å². The molecule has 0 fully saturated rings. The molecule has 0 aromatic carbocycles. The normalized spacial score (nSPS) is 17.4. The van der Waals surface area contributed by atoms with Crippen molar-refractivity contribution in [1.29, 1.82) is 0 Å². The van der Waals surface area contributed by atoms with E-state index in [9.17, 15) is 4.79 Å². The number of aromatic nitrogens is 4. The second kappa shape index (κ2) is 6.34. The zero-order valence-corrected chi connectivity index (χ0v) is 15.6. The molecule has 1 N–H and O–H groups in total. The molecular weight excluding hydrogens is 336 g/mol. The van der Waals surface area contributed by atoms with E-state index in [1.165, 1.54) is 23.3 Å². The number of nitrogens with one attached hydrogen (secondary N) is 1. The maximum absolute atomic E-state index is 12.3. The number of likely N-dealkylation sites (N-methyl/N-ethyl adjacent to an activating group) is 1. The van der Waals surface area contributed by atoms with Crippen LogP contribution in [0.2, 0.25) is 0 Å². The maximum Gasteiger partial charge on any atom is 0.291 e. The monoisotopic (exact) mass is 358 g/mol. The predicted molar refractivity (Wildman–Crippen MR) is 98.4 cm³/mol. The van der Waals surface area contributed by atoms with Crippen LogP contribution in [0.1, 0.15) is 46.7 Å². The molecule has 132 valence electrons. The summed E-state index contributed by atoms with van der Waals surface area (Å²) in [6, 6.07) is 0. The number of fused-ring (bicyclic) bond motifs is 5. The van der Waals surface area contributed by atoms with Crippen LogP contribution in [0.3, 0.4) is 0 Å². The summed E-state index contributed by atoms with van der Waals surface area (Å²) in [7, 11) is 3.94. The van der Waals surface area contributed by atoms with Gasteiger partial charge < -0.3 is 10.2 Å². The van der Waals surface area contributed by atoms with Crippen molar-refractivity contribution in [3.05, 3.63) is 22.6 Å². The molecule has 1 atom stereocenters. The molecule has 0 saturated carbocycles. The number of hydrogen-bond donors (Lipinski definition) is 1. The second-order valence-electron chi connectivity index (χ2n) is 6.92. The highest BCUT2D eigenvalue weighted by molar-refractivity contribution is 7.19. The molecule has 8 heteroatoms. The lowest BCUT2D eigenvalue weighted by Crippen LogP contribution is -2.31. The minimum absolute atomic E-state index is 0.205. The third kappa shape index (κ3) is 2.89. The van der Waals surface area contributed by atoms with Crippen LogP contribution in [0.4, 0.5) is 0 Å². The van der Waals surface area contributed by atoms with E-state index in [1.54, 1.807) is 22.2 Å². The van der Waals surface area contributed by atoms with Crippen LogP contribution in [-0.4, -0.2) is 57.6 Å². The molecule has 1 unspecified atom stereocenters. The van der Waals surface area contributed by atoms with Gasteiger partial charge in [0.05, 0.1) is 5.39 Å². The first-order chi connectivity index (χ1) is 12.0. The summed E-state index contributed by atoms with van der Waals surface area (Å²) in [6.45, 7) is 3.61. The minimum atomic E-state index is -0.240. The Balaban J connectivity index is 1.74. The lowest BCUT2D eigenvalue weighted by molar-refractivity contribution is 0.0941. The van der Waals surface area contributed by atoms with Gasteiger partial charge in [0, 0.05) is 18.0 Å². The third-order valence-electron chi connectivity index (χ3n) is 4.72. The molecule has 1 aliphatic carbocycles. The second-order valence-corrected chi connectivity index (χ2v) is 8.00. The summed E-state index contributed by atoms with van der Waals surface area (Å²) in [5.74, 6) is 0.465. The molecular formula is C17H22N6OS. The van der Waals surface area contributed by atoms with Crippen LogP contribution in [0.25, 0.3) is 15.9 Å². The van der Waals surface area contributed by atoms with Gasteiger partial charge in [-0.3, -0.25) is 4.79 Å². The lowest BCUT2D eigenvalue weighted by Gasteiger charge is -2.18. The summed E-state index contributed by atoms with van der Waals surface area (Å²) < 4.78 is 1.64. The quantitative estimate of drug-likeness (QED) is 0.773. The Morgan fingerprint density at radius 3 is 3.12 bits per heavy atom. The van der Waals surface area contributed by atoms with E-state index in [2.05, 4.69) is 27.3 Å². The Bertz CT molecular complexity index is 944. The average molecular weight is 358 g/mol. The molecule has 0 bridgehead atoms. The van der Waals surface area contributed by atoms with Gasteiger partial charge in [-0.25, -0.2) is 14.5 Å². The molecule has 3 aromatic heterocycles. The van der Waals surface area contributed by atoms with Gasteiger partial charge >= 0.3 is 0 Å². The lowest BCUT2D eigenvalue weighted by atomic mass is 9.87. The minimum Gasteiger partial charge on any atom is -0.348 e. The van der Waals surface area contributed by atoms with E-state index in [0.29, 0.717) is 12.5 Å². The van der Waals surface area contributed by atoms with Gasteiger partial charge in [0.15, 0.2) is 5.65 Å². The fourth-order valence-corrected chi connectivity index (χ4v) is 4.75. The zero-order valence-electron chi connectivity index (χ0n) is 14.7. The summed E-state index contributed by atoms with van der Waals surface area (Å²) in [6.07, 6.45) is 5.18. The molecule has 25 heavy (non-hydrogen) atoms. The molecule has 3 heterocycles. The van der Waals surface area contributed by atoms with E-state index in [-0.39, 0.29) is 11.7 Å². The SMILES string of the molecule is CC1CCCc2sc3ncn4nc(C(=O)NCCN(C)C)nc4c3c21. The van der Waals surface area contributed by atoms with E-state index in [4.69, 9.17) is 0 Å². The van der Waals surface area contributed by atoms with Crippen molar-refractivity contribution in [2.45, 2.75) is 32.1 Å². The Kier molecular flexibility index (Phi) is 4.16. The number of nitrogens with zero attached hydrogens (tertiary/aromatic N) is 5. The highest BCUT2D eigenvalue weighted by Gasteiger charge is 2.25. The Hall–Kier alpha value is -2.06. The highest BCUT2D eigenvalue weighted by Crippen LogP contribution is 2.42. The molecule has 3 aromatic rings. The molecule has 7 nitrogen and oxygen atoms in total. The fourth-order valence-electron chi connectivity index (χ4n) is 3.45. The number of aryl methyl sites for hydroxylation is 1. The molecule has 0 saturated heterocycles. The van der Waals surface area contributed by atoms with Crippen LogP contribution in [0.5, 0.6) is 0 Å². The number of rotatable bonds is 4. The molecule has 1 amide bonds. The van der Waals surface area contributed by atoms with Crippen LogP contribution < -0.4 is 5.32 Å². The zero-order chi connectivity index (χ0) is 17.6. The van der Waals surface area contributed by atoms with Crippen molar-refractivity contribution in [1.82, 2.24) is 29.8 Å². The number of carbonyl (C=O) groups is 1. The van der Waals surface area contributed by atoms with E-state index in [1.807, 2.05) is 19.0 Å². The topological polar surface area (TPSA) is 75.4 Å². The number of hydrogen-bond acceptors (Lipinski definition) is 6. The van der Waals surface area contributed by atoms with Gasteiger partial charge in [-0.05, 0) is 44.8 Å². The Morgan fingerprint density at radius 2 is 2.32 bits per heavy atom. The smallest absolute Gasteiger partial charge is 0.291 e. The van der Waals surface area contributed by atoms with E-state index < -0.39 is 0 Å². The first-order valence-electron chi connectivity index (χ1n) is 8.64. The number of carbonyl (C=O) groups excluding carboxylic acids is 1. The van der Waals surface area contributed by atoms with E-state index >= 15 is 0 Å². The molecule has 0 aliphatic heterocycles. The number of amides is 1. The van der Waals surface area contributed by atoms with E-state index in [0.717, 1.165) is 28.8 Å². The first kappa shape index (κ1) is 16.4. The van der Waals surface area contributed by atoms with Crippen LogP contribution in [0.15, 0.2) is 6.33 Å². The maximum atomic E-state index is 12.3.